The number of ether oxygens (including phenoxy) is 1. The van der Waals surface area contributed by atoms with Gasteiger partial charge in [0.1, 0.15) is 17.2 Å². The van der Waals surface area contributed by atoms with Crippen LogP contribution in [0.2, 0.25) is 0 Å². The fourth-order valence-corrected chi connectivity index (χ4v) is 4.08. The number of hydrogen-bond donors (Lipinski definition) is 2. The monoisotopic (exact) mass is 380 g/mol. The Hall–Kier alpha value is -3.12. The molecule has 0 spiro atoms. The number of benzene rings is 2. The van der Waals surface area contributed by atoms with Crippen LogP contribution in [0.15, 0.2) is 48.7 Å². The molecule has 138 valence electrons. The van der Waals surface area contributed by atoms with Crippen LogP contribution in [-0.4, -0.2) is 23.0 Å². The number of thiophene rings is 1. The lowest BCUT2D eigenvalue weighted by Gasteiger charge is -2.09. The number of aromatic nitrogens is 1. The summed E-state index contributed by atoms with van der Waals surface area (Å²) in [6.07, 6.45) is 1.67. The molecule has 4 aromatic rings. The second-order valence-electron chi connectivity index (χ2n) is 5.88. The van der Waals surface area contributed by atoms with Gasteiger partial charge >= 0.3 is 0 Å². The lowest BCUT2D eigenvalue weighted by molar-refractivity contribution is 0.0964. The Balaban J connectivity index is 0.00000210. The first-order chi connectivity index (χ1) is 12.6. The molecule has 0 bridgehead atoms. The minimum atomic E-state index is -0.0852. The van der Waals surface area contributed by atoms with Gasteiger partial charge in [-0.05, 0) is 49.4 Å². The number of fused-ring (bicyclic) bond motifs is 2. The highest BCUT2D eigenvalue weighted by atomic mass is 32.1. The fourth-order valence-electron chi connectivity index (χ4n) is 2.99. The molecule has 1 amide bonds. The van der Waals surface area contributed by atoms with Crippen LogP contribution < -0.4 is 10.1 Å². The van der Waals surface area contributed by atoms with E-state index < -0.39 is 0 Å². The molecule has 27 heavy (non-hydrogen) atoms. The largest absolute Gasteiger partial charge is 0.508 e. The van der Waals surface area contributed by atoms with Gasteiger partial charge in [-0.3, -0.25) is 9.78 Å². The number of nitrogens with one attached hydrogen (secondary N) is 1. The summed E-state index contributed by atoms with van der Waals surface area (Å²) in [5.41, 5.74) is 1.45. The Bertz CT molecular complexity index is 1150. The van der Waals surface area contributed by atoms with E-state index in [4.69, 9.17) is 4.74 Å². The molecule has 0 unspecified atom stereocenters. The number of carbonyl (C=O) groups excluding carboxylic acids is 1. The first-order valence-corrected chi connectivity index (χ1v) is 8.89. The molecule has 5 nitrogen and oxygen atoms in total. The van der Waals surface area contributed by atoms with Crippen LogP contribution in [0.25, 0.3) is 21.0 Å². The van der Waals surface area contributed by atoms with Crippen LogP contribution in [0.5, 0.6) is 17.2 Å². The van der Waals surface area contributed by atoms with Gasteiger partial charge in [0.05, 0.1) is 11.1 Å². The molecule has 2 N–H and O–H groups in total. The topological polar surface area (TPSA) is 71.5 Å². The number of rotatable bonds is 3. The number of hydrogen-bond acceptors (Lipinski definition) is 5. The third-order valence-electron chi connectivity index (χ3n) is 4.20. The number of nitrogens with zero attached hydrogens (tertiary/aromatic N) is 1. The fraction of sp³-hybridized carbons (Fsp3) is 0.143. The van der Waals surface area contributed by atoms with Crippen molar-refractivity contribution in [3.05, 3.63) is 59.1 Å². The molecule has 0 fully saturated rings. The van der Waals surface area contributed by atoms with Crippen molar-refractivity contribution in [2.45, 2.75) is 14.4 Å². The van der Waals surface area contributed by atoms with Gasteiger partial charge in [-0.1, -0.05) is 7.43 Å². The van der Waals surface area contributed by atoms with Crippen molar-refractivity contribution in [2.75, 3.05) is 7.05 Å². The van der Waals surface area contributed by atoms with Crippen LogP contribution in [0.4, 0.5) is 0 Å². The zero-order valence-corrected chi connectivity index (χ0v) is 15.1. The third-order valence-corrected chi connectivity index (χ3v) is 5.27. The highest BCUT2D eigenvalue weighted by Crippen LogP contribution is 2.36. The van der Waals surface area contributed by atoms with Crippen LogP contribution in [-0.2, 0) is 0 Å². The molecule has 0 aliphatic heterocycles. The van der Waals surface area contributed by atoms with Crippen molar-refractivity contribution in [1.82, 2.24) is 10.3 Å². The maximum absolute atomic E-state index is 12.1. The molecular weight excluding hydrogens is 360 g/mol. The molecule has 2 aromatic carbocycles. The van der Waals surface area contributed by atoms with Crippen molar-refractivity contribution in [2.24, 2.45) is 0 Å². The van der Waals surface area contributed by atoms with E-state index in [2.05, 4.69) is 10.3 Å². The quantitative estimate of drug-likeness (QED) is 0.509. The number of phenols is 1. The molecule has 0 radical (unpaired) electrons. The summed E-state index contributed by atoms with van der Waals surface area (Å²) in [5, 5.41) is 14.1. The van der Waals surface area contributed by atoms with E-state index >= 15 is 0 Å². The molecule has 4 rings (SSSR count). The van der Waals surface area contributed by atoms with Crippen molar-refractivity contribution in [3.63, 3.8) is 0 Å². The molecule has 0 aliphatic rings. The Morgan fingerprint density at radius 2 is 1.96 bits per heavy atom. The van der Waals surface area contributed by atoms with E-state index in [1.165, 1.54) is 0 Å². The Morgan fingerprint density at radius 3 is 2.74 bits per heavy atom. The van der Waals surface area contributed by atoms with Gasteiger partial charge in [-0.2, -0.15) is 0 Å². The molecule has 0 saturated carbocycles. The Morgan fingerprint density at radius 1 is 1.15 bits per heavy atom. The van der Waals surface area contributed by atoms with E-state index in [9.17, 15) is 9.90 Å². The molecular formula is C21H20N2O3S. The number of carbonyl (C=O) groups is 1. The van der Waals surface area contributed by atoms with E-state index in [1.807, 2.05) is 25.1 Å². The lowest BCUT2D eigenvalue weighted by Crippen LogP contribution is -2.18. The lowest BCUT2D eigenvalue weighted by atomic mass is 10.1. The number of aryl methyl sites for hydroxylation is 1. The van der Waals surface area contributed by atoms with Crippen LogP contribution >= 0.6 is 11.3 Å². The van der Waals surface area contributed by atoms with Gasteiger partial charge in [0.15, 0.2) is 0 Å². The first-order valence-electron chi connectivity index (χ1n) is 8.07. The smallest absolute Gasteiger partial charge is 0.252 e. The minimum Gasteiger partial charge on any atom is -0.508 e. The summed E-state index contributed by atoms with van der Waals surface area (Å²) in [7, 11) is 1.63. The van der Waals surface area contributed by atoms with E-state index in [-0.39, 0.29) is 19.1 Å². The van der Waals surface area contributed by atoms with E-state index in [1.54, 1.807) is 48.8 Å². The SMILES string of the molecule is C.CNC(=O)c1c(C)sc2cc(Oc3ccnc4ccc(O)cc34)ccc12. The Labute approximate surface area is 161 Å². The normalized spacial score (nSPS) is 10.6. The van der Waals surface area contributed by atoms with Crippen LogP contribution in [0.3, 0.4) is 0 Å². The van der Waals surface area contributed by atoms with Crippen molar-refractivity contribution in [1.29, 1.82) is 0 Å². The van der Waals surface area contributed by atoms with Gasteiger partial charge in [-0.25, -0.2) is 0 Å². The van der Waals surface area contributed by atoms with Gasteiger partial charge < -0.3 is 15.2 Å². The number of phenolic OH excluding ortho intramolecular Hbond substituents is 1. The highest BCUT2D eigenvalue weighted by molar-refractivity contribution is 7.19. The second-order valence-corrected chi connectivity index (χ2v) is 7.14. The maximum Gasteiger partial charge on any atom is 0.252 e. The summed E-state index contributed by atoms with van der Waals surface area (Å²) in [4.78, 5) is 17.4. The second kappa shape index (κ2) is 7.25. The standard InChI is InChI=1S/C20H16N2O3S.CH4/c1-11-19(20(24)21-2)14-5-4-13(10-18(14)26-11)25-17-7-8-22-16-6-3-12(23)9-15(16)17;/h3-10,23H,1-2H3,(H,21,24);1H4. The average molecular weight is 380 g/mol. The molecule has 0 atom stereocenters. The molecule has 0 saturated heterocycles. The zero-order chi connectivity index (χ0) is 18.3. The molecule has 6 heteroatoms. The average Bonchev–Trinajstić information content (AvgIpc) is 2.96. The van der Waals surface area contributed by atoms with Crippen molar-refractivity contribution < 1.29 is 14.6 Å². The summed E-state index contributed by atoms with van der Waals surface area (Å²) >= 11 is 1.56. The maximum atomic E-state index is 12.1. The van der Waals surface area contributed by atoms with Gasteiger partial charge in [-0.15, -0.1) is 11.3 Å². The third kappa shape index (κ3) is 3.31. The van der Waals surface area contributed by atoms with E-state index in [0.29, 0.717) is 17.1 Å². The van der Waals surface area contributed by atoms with Crippen LogP contribution in [0.1, 0.15) is 22.7 Å². The van der Waals surface area contributed by atoms with Gasteiger partial charge in [0.2, 0.25) is 0 Å². The first kappa shape index (κ1) is 18.7. The number of amides is 1. The number of aromatic hydroxyl groups is 1. The van der Waals surface area contributed by atoms with Gasteiger partial charge in [0, 0.05) is 33.6 Å². The molecule has 2 heterocycles. The molecule has 0 aliphatic carbocycles. The summed E-state index contributed by atoms with van der Waals surface area (Å²) < 4.78 is 7.03. The van der Waals surface area contributed by atoms with Crippen molar-refractivity contribution in [3.8, 4) is 17.2 Å². The highest BCUT2D eigenvalue weighted by Gasteiger charge is 2.16. The summed E-state index contributed by atoms with van der Waals surface area (Å²) in [6, 6.07) is 12.4. The Kier molecular flexibility index (Phi) is 5.01. The number of pyridine rings is 1. The minimum absolute atomic E-state index is 0. The zero-order valence-electron chi connectivity index (χ0n) is 14.2. The van der Waals surface area contributed by atoms with Crippen LogP contribution in [0, 0.1) is 6.92 Å². The summed E-state index contributed by atoms with van der Waals surface area (Å²) in [6.45, 7) is 1.94. The molecule has 2 aromatic heterocycles. The van der Waals surface area contributed by atoms with Gasteiger partial charge in [0.25, 0.3) is 5.91 Å². The summed E-state index contributed by atoms with van der Waals surface area (Å²) in [5.74, 6) is 1.36. The predicted octanol–water partition coefficient (Wildman–Crippen LogP) is 5.25. The predicted molar refractivity (Wildman–Crippen MR) is 110 cm³/mol. The van der Waals surface area contributed by atoms with Crippen molar-refractivity contribution >= 4 is 38.2 Å². The van der Waals surface area contributed by atoms with E-state index in [0.717, 1.165) is 25.9 Å².